The molecule has 1 heterocycles. The summed E-state index contributed by atoms with van der Waals surface area (Å²) in [7, 11) is -3.81. The number of anilines is 1. The SMILES string of the molecule is Cc1ccc(S(=O)(=O)Nc2cc3c4c(cccc4c2)C(=O)OC3=O)cc1. The van der Waals surface area contributed by atoms with Crippen LogP contribution in [-0.2, 0) is 14.8 Å². The summed E-state index contributed by atoms with van der Waals surface area (Å²) >= 11 is 0. The third kappa shape index (κ3) is 2.62. The molecule has 7 heteroatoms. The molecule has 1 aliphatic heterocycles. The second-order valence-electron chi connectivity index (χ2n) is 6.02. The maximum Gasteiger partial charge on any atom is 0.346 e. The summed E-state index contributed by atoms with van der Waals surface area (Å²) in [6, 6.07) is 14.3. The van der Waals surface area contributed by atoms with Crippen molar-refractivity contribution in [3.63, 3.8) is 0 Å². The van der Waals surface area contributed by atoms with Crippen LogP contribution in [0.1, 0.15) is 26.3 Å². The van der Waals surface area contributed by atoms with Gasteiger partial charge in [-0.2, -0.15) is 0 Å². The number of aryl methyl sites for hydroxylation is 1. The number of hydrogen-bond acceptors (Lipinski definition) is 5. The predicted molar refractivity (Wildman–Crippen MR) is 95.7 cm³/mol. The molecule has 0 fully saturated rings. The lowest BCUT2D eigenvalue weighted by molar-refractivity contribution is 0.0391. The molecule has 4 rings (SSSR count). The molecule has 3 aromatic carbocycles. The highest BCUT2D eigenvalue weighted by Crippen LogP contribution is 2.32. The van der Waals surface area contributed by atoms with Crippen molar-refractivity contribution in [1.82, 2.24) is 0 Å². The molecular formula is C19H13NO5S. The van der Waals surface area contributed by atoms with E-state index in [4.69, 9.17) is 4.74 Å². The first-order chi connectivity index (χ1) is 12.3. The standard InChI is InChI=1S/C19H13NO5S/c1-11-5-7-14(8-6-11)26(23,24)20-13-9-12-3-2-4-15-17(12)16(10-13)19(22)25-18(15)21/h2-10,20H,1H3. The van der Waals surface area contributed by atoms with E-state index in [1.54, 1.807) is 36.4 Å². The molecule has 0 bridgehead atoms. The molecule has 6 nitrogen and oxygen atoms in total. The Morgan fingerprint density at radius 2 is 1.58 bits per heavy atom. The van der Waals surface area contributed by atoms with E-state index in [-0.39, 0.29) is 21.7 Å². The molecule has 0 spiro atoms. The van der Waals surface area contributed by atoms with Gasteiger partial charge in [-0.25, -0.2) is 18.0 Å². The van der Waals surface area contributed by atoms with Crippen LogP contribution < -0.4 is 4.72 Å². The van der Waals surface area contributed by atoms with Crippen LogP contribution in [0.3, 0.4) is 0 Å². The third-order valence-corrected chi connectivity index (χ3v) is 5.58. The summed E-state index contributed by atoms with van der Waals surface area (Å²) in [5.41, 5.74) is 1.60. The number of benzene rings is 3. The van der Waals surface area contributed by atoms with Gasteiger partial charge in [0.1, 0.15) is 0 Å². The maximum absolute atomic E-state index is 12.6. The van der Waals surface area contributed by atoms with Gasteiger partial charge in [-0.3, -0.25) is 4.72 Å². The topological polar surface area (TPSA) is 89.5 Å². The van der Waals surface area contributed by atoms with Gasteiger partial charge < -0.3 is 4.74 Å². The van der Waals surface area contributed by atoms with E-state index < -0.39 is 22.0 Å². The van der Waals surface area contributed by atoms with Crippen molar-refractivity contribution in [2.75, 3.05) is 4.72 Å². The number of esters is 2. The summed E-state index contributed by atoms with van der Waals surface area (Å²) < 4.78 is 32.4. The number of hydrogen-bond donors (Lipinski definition) is 1. The molecule has 0 unspecified atom stereocenters. The lowest BCUT2D eigenvalue weighted by Crippen LogP contribution is -2.20. The minimum atomic E-state index is -3.81. The number of carbonyl (C=O) groups is 2. The average Bonchev–Trinajstić information content (AvgIpc) is 2.59. The van der Waals surface area contributed by atoms with E-state index >= 15 is 0 Å². The minimum absolute atomic E-state index is 0.114. The van der Waals surface area contributed by atoms with Gasteiger partial charge in [0.2, 0.25) is 0 Å². The van der Waals surface area contributed by atoms with E-state index in [2.05, 4.69) is 4.72 Å². The number of cyclic esters (lactones) is 2. The van der Waals surface area contributed by atoms with E-state index in [1.165, 1.54) is 18.2 Å². The van der Waals surface area contributed by atoms with E-state index in [1.807, 2.05) is 6.92 Å². The van der Waals surface area contributed by atoms with Crippen molar-refractivity contribution in [2.45, 2.75) is 11.8 Å². The van der Waals surface area contributed by atoms with Crippen LogP contribution in [0.25, 0.3) is 10.8 Å². The number of ether oxygens (including phenoxy) is 1. The molecule has 0 amide bonds. The summed E-state index contributed by atoms with van der Waals surface area (Å²) in [4.78, 5) is 24.1. The predicted octanol–water partition coefficient (Wildman–Crippen LogP) is 3.26. The van der Waals surface area contributed by atoms with Crippen LogP contribution in [0, 0.1) is 6.92 Å². The Morgan fingerprint density at radius 3 is 2.31 bits per heavy atom. The molecule has 1 aliphatic rings. The maximum atomic E-state index is 12.6. The quantitative estimate of drug-likeness (QED) is 0.567. The number of rotatable bonds is 3. The molecular weight excluding hydrogens is 354 g/mol. The van der Waals surface area contributed by atoms with Crippen molar-refractivity contribution in [3.8, 4) is 0 Å². The summed E-state index contributed by atoms with van der Waals surface area (Å²) in [6.07, 6.45) is 0. The smallest absolute Gasteiger partial charge is 0.346 e. The number of sulfonamides is 1. The average molecular weight is 367 g/mol. The number of nitrogens with one attached hydrogen (secondary N) is 1. The first kappa shape index (κ1) is 16.3. The van der Waals surface area contributed by atoms with Gasteiger partial charge >= 0.3 is 11.9 Å². The molecule has 0 aromatic heterocycles. The molecule has 0 radical (unpaired) electrons. The highest BCUT2D eigenvalue weighted by atomic mass is 32.2. The van der Waals surface area contributed by atoms with E-state index in [0.29, 0.717) is 10.8 Å². The Kier molecular flexibility index (Phi) is 3.55. The fourth-order valence-electron chi connectivity index (χ4n) is 2.94. The summed E-state index contributed by atoms with van der Waals surface area (Å²) in [5, 5.41) is 1.04. The zero-order chi connectivity index (χ0) is 18.5. The van der Waals surface area contributed by atoms with Gasteiger partial charge in [-0.05, 0) is 42.6 Å². The van der Waals surface area contributed by atoms with Gasteiger partial charge in [-0.15, -0.1) is 0 Å². The Hall–Kier alpha value is -3.19. The lowest BCUT2D eigenvalue weighted by Gasteiger charge is -2.17. The third-order valence-electron chi connectivity index (χ3n) is 4.19. The van der Waals surface area contributed by atoms with Crippen LogP contribution in [-0.4, -0.2) is 20.4 Å². The summed E-state index contributed by atoms with van der Waals surface area (Å²) in [6.45, 7) is 1.86. The fraction of sp³-hybridized carbons (Fsp3) is 0.0526. The Labute approximate surface area is 149 Å². The van der Waals surface area contributed by atoms with Crippen LogP contribution in [0.4, 0.5) is 5.69 Å². The molecule has 3 aromatic rings. The normalized spacial score (nSPS) is 13.6. The van der Waals surface area contributed by atoms with Crippen molar-refractivity contribution in [2.24, 2.45) is 0 Å². The second-order valence-corrected chi connectivity index (χ2v) is 7.71. The first-order valence-electron chi connectivity index (χ1n) is 7.78. The summed E-state index contributed by atoms with van der Waals surface area (Å²) in [5.74, 6) is -1.50. The molecule has 0 saturated heterocycles. The highest BCUT2D eigenvalue weighted by molar-refractivity contribution is 7.92. The van der Waals surface area contributed by atoms with Crippen LogP contribution in [0.5, 0.6) is 0 Å². The van der Waals surface area contributed by atoms with Crippen molar-refractivity contribution < 1.29 is 22.7 Å². The van der Waals surface area contributed by atoms with E-state index in [0.717, 1.165) is 5.56 Å². The van der Waals surface area contributed by atoms with Gasteiger partial charge in [0.25, 0.3) is 10.0 Å². The monoisotopic (exact) mass is 367 g/mol. The van der Waals surface area contributed by atoms with Crippen molar-refractivity contribution >= 4 is 38.4 Å². The Bertz CT molecular complexity index is 1180. The molecule has 26 heavy (non-hydrogen) atoms. The zero-order valence-electron chi connectivity index (χ0n) is 13.6. The number of carbonyl (C=O) groups excluding carboxylic acids is 2. The van der Waals surface area contributed by atoms with Gasteiger partial charge in [-0.1, -0.05) is 29.8 Å². The zero-order valence-corrected chi connectivity index (χ0v) is 14.5. The van der Waals surface area contributed by atoms with E-state index in [9.17, 15) is 18.0 Å². The van der Waals surface area contributed by atoms with Gasteiger partial charge in [0.05, 0.1) is 21.7 Å². The van der Waals surface area contributed by atoms with Crippen molar-refractivity contribution in [3.05, 3.63) is 71.3 Å². The Morgan fingerprint density at radius 1 is 0.885 bits per heavy atom. The van der Waals surface area contributed by atoms with Crippen molar-refractivity contribution in [1.29, 1.82) is 0 Å². The van der Waals surface area contributed by atoms with Gasteiger partial charge in [0, 0.05) is 5.39 Å². The molecule has 0 atom stereocenters. The molecule has 0 saturated carbocycles. The van der Waals surface area contributed by atoms with Crippen LogP contribution in [0.15, 0.2) is 59.5 Å². The molecule has 0 aliphatic carbocycles. The Balaban J connectivity index is 1.83. The lowest BCUT2D eigenvalue weighted by atomic mass is 9.97. The molecule has 130 valence electrons. The van der Waals surface area contributed by atoms with Crippen LogP contribution >= 0.6 is 0 Å². The van der Waals surface area contributed by atoms with Gasteiger partial charge in [0.15, 0.2) is 0 Å². The highest BCUT2D eigenvalue weighted by Gasteiger charge is 2.28. The molecule has 1 N–H and O–H groups in total. The largest absolute Gasteiger partial charge is 0.386 e. The first-order valence-corrected chi connectivity index (χ1v) is 9.26. The minimum Gasteiger partial charge on any atom is -0.386 e. The van der Waals surface area contributed by atoms with Crippen LogP contribution in [0.2, 0.25) is 0 Å². The second kappa shape index (κ2) is 5.67. The fourth-order valence-corrected chi connectivity index (χ4v) is 3.98.